The molecule has 0 radical (unpaired) electrons. The van der Waals surface area contributed by atoms with E-state index in [1.165, 1.54) is 6.20 Å². The molecule has 0 aliphatic carbocycles. The van der Waals surface area contributed by atoms with Crippen LogP contribution < -0.4 is 5.32 Å². The number of hydrogen-bond donors (Lipinski definition) is 2. The van der Waals surface area contributed by atoms with Crippen LogP contribution in [0, 0.1) is 0 Å². The van der Waals surface area contributed by atoms with Crippen molar-refractivity contribution in [2.75, 3.05) is 5.32 Å². The number of amides is 1. The third-order valence-corrected chi connectivity index (χ3v) is 2.48. The zero-order valence-electron chi connectivity index (χ0n) is 9.29. The summed E-state index contributed by atoms with van der Waals surface area (Å²) >= 11 is 0. The Bertz CT molecular complexity index is 693. The van der Waals surface area contributed by atoms with Crippen molar-refractivity contribution < 1.29 is 4.79 Å². The number of H-pyrrole nitrogens is 1. The summed E-state index contributed by atoms with van der Waals surface area (Å²) in [5, 5.41) is 10.0. The lowest BCUT2D eigenvalue weighted by Crippen LogP contribution is -2.13. The second-order valence-electron chi connectivity index (χ2n) is 3.71. The lowest BCUT2D eigenvalue weighted by atomic mass is 10.2. The molecule has 0 saturated heterocycles. The maximum absolute atomic E-state index is 11.9. The Hall–Kier alpha value is -2.76. The standard InChI is InChI=1S/C12H9N5O/c18-12(16-9-5-14-15-6-9)10-2-1-8-3-4-13-7-11(8)17-10/h1-7H,(H,14,15)(H,16,18). The lowest BCUT2D eigenvalue weighted by molar-refractivity contribution is 0.102. The Kier molecular flexibility index (Phi) is 2.45. The minimum Gasteiger partial charge on any atom is -0.318 e. The second kappa shape index (κ2) is 4.25. The molecule has 1 amide bonds. The monoisotopic (exact) mass is 239 g/mol. The van der Waals surface area contributed by atoms with E-state index in [-0.39, 0.29) is 5.91 Å². The summed E-state index contributed by atoms with van der Waals surface area (Å²) in [6, 6.07) is 5.37. The molecule has 3 aromatic heterocycles. The minimum absolute atomic E-state index is 0.276. The van der Waals surface area contributed by atoms with Crippen LogP contribution in [0.15, 0.2) is 43.0 Å². The predicted molar refractivity (Wildman–Crippen MR) is 66.1 cm³/mol. The van der Waals surface area contributed by atoms with Crippen molar-refractivity contribution in [3.8, 4) is 0 Å². The van der Waals surface area contributed by atoms with Crippen LogP contribution in [0.2, 0.25) is 0 Å². The Morgan fingerprint density at radius 2 is 2.17 bits per heavy atom. The fourth-order valence-electron chi connectivity index (χ4n) is 1.61. The van der Waals surface area contributed by atoms with Gasteiger partial charge in [0.2, 0.25) is 0 Å². The van der Waals surface area contributed by atoms with Crippen LogP contribution in [-0.2, 0) is 0 Å². The average Bonchev–Trinajstić information content (AvgIpc) is 2.91. The number of hydrogen-bond acceptors (Lipinski definition) is 4. The zero-order valence-corrected chi connectivity index (χ0v) is 9.29. The molecule has 0 aliphatic heterocycles. The molecule has 3 heterocycles. The van der Waals surface area contributed by atoms with E-state index in [2.05, 4.69) is 25.5 Å². The number of nitrogens with zero attached hydrogens (tertiary/aromatic N) is 3. The number of fused-ring (bicyclic) bond motifs is 1. The van der Waals surface area contributed by atoms with Crippen LogP contribution in [0.25, 0.3) is 10.9 Å². The summed E-state index contributed by atoms with van der Waals surface area (Å²) in [5.74, 6) is -0.276. The van der Waals surface area contributed by atoms with Crippen molar-refractivity contribution in [1.29, 1.82) is 0 Å². The van der Waals surface area contributed by atoms with E-state index < -0.39 is 0 Å². The van der Waals surface area contributed by atoms with Crippen molar-refractivity contribution in [3.63, 3.8) is 0 Å². The van der Waals surface area contributed by atoms with Gasteiger partial charge in [0.05, 0.1) is 23.6 Å². The highest BCUT2D eigenvalue weighted by molar-refractivity contribution is 6.03. The van der Waals surface area contributed by atoms with Gasteiger partial charge in [0.1, 0.15) is 5.69 Å². The highest BCUT2D eigenvalue weighted by atomic mass is 16.1. The molecule has 0 spiro atoms. The van der Waals surface area contributed by atoms with Gasteiger partial charge in [-0.3, -0.25) is 14.9 Å². The molecule has 6 heteroatoms. The van der Waals surface area contributed by atoms with Gasteiger partial charge in [0, 0.05) is 17.8 Å². The van der Waals surface area contributed by atoms with Crippen molar-refractivity contribution in [2.24, 2.45) is 0 Å². The summed E-state index contributed by atoms with van der Waals surface area (Å²) in [6.45, 7) is 0. The quantitative estimate of drug-likeness (QED) is 0.711. The molecule has 6 nitrogen and oxygen atoms in total. The molecule has 3 aromatic rings. The molecule has 18 heavy (non-hydrogen) atoms. The number of anilines is 1. The van der Waals surface area contributed by atoms with E-state index in [4.69, 9.17) is 0 Å². The van der Waals surface area contributed by atoms with Crippen molar-refractivity contribution in [1.82, 2.24) is 20.2 Å². The van der Waals surface area contributed by atoms with E-state index in [1.807, 2.05) is 12.1 Å². The fourth-order valence-corrected chi connectivity index (χ4v) is 1.61. The van der Waals surface area contributed by atoms with Crippen LogP contribution >= 0.6 is 0 Å². The maximum Gasteiger partial charge on any atom is 0.274 e. The molecule has 2 N–H and O–H groups in total. The first-order valence-electron chi connectivity index (χ1n) is 5.34. The average molecular weight is 239 g/mol. The number of nitrogens with one attached hydrogen (secondary N) is 2. The molecule has 0 unspecified atom stereocenters. The number of pyridine rings is 2. The van der Waals surface area contributed by atoms with Crippen molar-refractivity contribution in [2.45, 2.75) is 0 Å². The molecule has 0 aliphatic rings. The lowest BCUT2D eigenvalue weighted by Gasteiger charge is -2.02. The first-order chi connectivity index (χ1) is 8.83. The summed E-state index contributed by atoms with van der Waals surface area (Å²) in [6.07, 6.45) is 6.44. The first-order valence-corrected chi connectivity index (χ1v) is 5.34. The van der Waals surface area contributed by atoms with Gasteiger partial charge in [-0.25, -0.2) is 4.98 Å². The van der Waals surface area contributed by atoms with E-state index in [9.17, 15) is 4.79 Å². The van der Waals surface area contributed by atoms with Crippen molar-refractivity contribution >= 4 is 22.5 Å². The maximum atomic E-state index is 11.9. The predicted octanol–water partition coefficient (Wildman–Crippen LogP) is 1.61. The van der Waals surface area contributed by atoms with Crippen LogP contribution in [0.3, 0.4) is 0 Å². The number of carbonyl (C=O) groups is 1. The normalized spacial score (nSPS) is 10.4. The van der Waals surface area contributed by atoms with Crippen LogP contribution in [-0.4, -0.2) is 26.1 Å². The summed E-state index contributed by atoms with van der Waals surface area (Å²) < 4.78 is 0. The van der Waals surface area contributed by atoms with E-state index >= 15 is 0 Å². The molecular formula is C12H9N5O. The van der Waals surface area contributed by atoms with Gasteiger partial charge in [-0.05, 0) is 12.1 Å². The third-order valence-electron chi connectivity index (χ3n) is 2.48. The van der Waals surface area contributed by atoms with Crippen LogP contribution in [0.1, 0.15) is 10.5 Å². The van der Waals surface area contributed by atoms with E-state index in [0.717, 1.165) is 5.39 Å². The number of carbonyl (C=O) groups excluding carboxylic acids is 1. The number of aromatic nitrogens is 4. The molecule has 0 saturated carbocycles. The Labute approximate surface area is 102 Å². The Morgan fingerprint density at radius 3 is 3.00 bits per heavy atom. The number of rotatable bonds is 2. The molecule has 0 fully saturated rings. The van der Waals surface area contributed by atoms with Crippen molar-refractivity contribution in [3.05, 3.63) is 48.7 Å². The smallest absolute Gasteiger partial charge is 0.274 e. The molecule has 0 bridgehead atoms. The van der Waals surface area contributed by atoms with Gasteiger partial charge >= 0.3 is 0 Å². The molecular weight excluding hydrogens is 230 g/mol. The van der Waals surface area contributed by atoms with E-state index in [0.29, 0.717) is 16.9 Å². The van der Waals surface area contributed by atoms with Crippen LogP contribution in [0.4, 0.5) is 5.69 Å². The molecule has 0 atom stereocenters. The first kappa shape index (κ1) is 10.4. The van der Waals surface area contributed by atoms with E-state index in [1.54, 1.807) is 24.7 Å². The van der Waals surface area contributed by atoms with Gasteiger partial charge < -0.3 is 5.32 Å². The Balaban J connectivity index is 1.92. The molecule has 3 rings (SSSR count). The highest BCUT2D eigenvalue weighted by Gasteiger charge is 2.08. The van der Waals surface area contributed by atoms with Crippen LogP contribution in [0.5, 0.6) is 0 Å². The van der Waals surface area contributed by atoms with Gasteiger partial charge in [-0.2, -0.15) is 5.10 Å². The Morgan fingerprint density at radius 1 is 1.22 bits per heavy atom. The van der Waals surface area contributed by atoms with Gasteiger partial charge in [0.15, 0.2) is 0 Å². The minimum atomic E-state index is -0.276. The fraction of sp³-hybridized carbons (Fsp3) is 0. The second-order valence-corrected chi connectivity index (χ2v) is 3.71. The van der Waals surface area contributed by atoms with Gasteiger partial charge in [-0.1, -0.05) is 6.07 Å². The topological polar surface area (TPSA) is 83.6 Å². The highest BCUT2D eigenvalue weighted by Crippen LogP contribution is 2.11. The summed E-state index contributed by atoms with van der Waals surface area (Å²) in [7, 11) is 0. The molecule has 88 valence electrons. The summed E-state index contributed by atoms with van der Waals surface area (Å²) in [5.41, 5.74) is 1.64. The molecule has 0 aromatic carbocycles. The third kappa shape index (κ3) is 1.91. The summed E-state index contributed by atoms with van der Waals surface area (Å²) in [4.78, 5) is 20.2. The van der Waals surface area contributed by atoms with Gasteiger partial charge in [-0.15, -0.1) is 0 Å². The number of aromatic amines is 1. The SMILES string of the molecule is O=C(Nc1cn[nH]c1)c1ccc2ccncc2n1. The van der Waals surface area contributed by atoms with Gasteiger partial charge in [0.25, 0.3) is 5.91 Å². The zero-order chi connectivity index (χ0) is 12.4. The largest absolute Gasteiger partial charge is 0.318 e.